The Bertz CT molecular complexity index is 790. The normalized spacial score (nSPS) is 11.4. The van der Waals surface area contributed by atoms with Crippen LogP contribution in [-0.2, 0) is 9.59 Å². The Morgan fingerprint density at radius 3 is 2.40 bits per heavy atom. The second-order valence-corrected chi connectivity index (χ2v) is 5.62. The molecule has 130 valence electrons. The Labute approximate surface area is 145 Å². The molecule has 7 nitrogen and oxygen atoms in total. The maximum absolute atomic E-state index is 12.4. The van der Waals surface area contributed by atoms with Gasteiger partial charge in [0.15, 0.2) is 0 Å². The monoisotopic (exact) mass is 341 g/mol. The smallest absolute Gasteiger partial charge is 0.274 e. The van der Waals surface area contributed by atoms with Crippen LogP contribution in [0.25, 0.3) is 0 Å². The first-order chi connectivity index (χ1) is 11.9. The van der Waals surface area contributed by atoms with Crippen LogP contribution in [0.1, 0.15) is 30.5 Å². The number of nitrogens with one attached hydrogen (secondary N) is 2. The van der Waals surface area contributed by atoms with Gasteiger partial charge in [-0.1, -0.05) is 36.4 Å². The predicted octanol–water partition coefficient (Wildman–Crippen LogP) is 3.11. The number of hydrogen-bond donors (Lipinski definition) is 2. The van der Waals surface area contributed by atoms with Crippen molar-refractivity contribution < 1.29 is 14.5 Å². The number of benzene rings is 2. The molecule has 0 aromatic heterocycles. The van der Waals surface area contributed by atoms with Gasteiger partial charge in [-0.25, -0.2) is 0 Å². The van der Waals surface area contributed by atoms with Gasteiger partial charge in [-0.2, -0.15) is 0 Å². The molecule has 2 aromatic rings. The minimum Gasteiger partial charge on any atom is -0.349 e. The highest BCUT2D eigenvalue weighted by Crippen LogP contribution is 2.26. The van der Waals surface area contributed by atoms with Crippen LogP contribution >= 0.6 is 0 Å². The Kier molecular flexibility index (Phi) is 5.84. The van der Waals surface area contributed by atoms with Crippen LogP contribution < -0.4 is 10.6 Å². The van der Waals surface area contributed by atoms with Gasteiger partial charge in [0.25, 0.3) is 5.69 Å². The summed E-state index contributed by atoms with van der Waals surface area (Å²) < 4.78 is 0. The van der Waals surface area contributed by atoms with Gasteiger partial charge in [0.2, 0.25) is 11.8 Å². The Balaban J connectivity index is 2.16. The van der Waals surface area contributed by atoms with Gasteiger partial charge >= 0.3 is 0 Å². The zero-order valence-corrected chi connectivity index (χ0v) is 14.0. The molecule has 2 rings (SSSR count). The van der Waals surface area contributed by atoms with E-state index in [2.05, 4.69) is 10.6 Å². The van der Waals surface area contributed by atoms with Gasteiger partial charge in [0.1, 0.15) is 0 Å². The lowest BCUT2D eigenvalue weighted by Crippen LogP contribution is -2.29. The van der Waals surface area contributed by atoms with Crippen molar-refractivity contribution in [2.24, 2.45) is 0 Å². The quantitative estimate of drug-likeness (QED) is 0.622. The first-order valence-corrected chi connectivity index (χ1v) is 7.74. The molecule has 2 N–H and O–H groups in total. The van der Waals surface area contributed by atoms with Crippen molar-refractivity contribution in [3.05, 3.63) is 69.8 Å². The van der Waals surface area contributed by atoms with Gasteiger partial charge in [-0.05, 0) is 18.6 Å². The molecule has 0 saturated carbocycles. The highest BCUT2D eigenvalue weighted by Gasteiger charge is 2.19. The Hall–Kier alpha value is -3.22. The van der Waals surface area contributed by atoms with E-state index in [1.165, 1.54) is 19.1 Å². The summed E-state index contributed by atoms with van der Waals surface area (Å²) in [5.74, 6) is -0.584. The molecule has 0 heterocycles. The van der Waals surface area contributed by atoms with E-state index in [-0.39, 0.29) is 23.9 Å². The molecule has 7 heteroatoms. The van der Waals surface area contributed by atoms with Crippen molar-refractivity contribution >= 4 is 23.2 Å². The number of nitrogens with zero attached hydrogens (tertiary/aromatic N) is 1. The number of rotatable bonds is 6. The lowest BCUT2D eigenvalue weighted by atomic mass is 10.0. The summed E-state index contributed by atoms with van der Waals surface area (Å²) in [4.78, 5) is 34.3. The summed E-state index contributed by atoms with van der Waals surface area (Å²) in [7, 11) is 0. The standard InChI is InChI=1S/C18H19N3O4/c1-12-15(9-6-10-17(12)21(24)25)20-18(23)11-16(19-13(2)22)14-7-4-3-5-8-14/h3-10,16H,11H2,1-2H3,(H,19,22)(H,20,23). The second-order valence-electron chi connectivity index (χ2n) is 5.62. The van der Waals surface area contributed by atoms with Crippen LogP contribution in [0.2, 0.25) is 0 Å². The molecule has 0 fully saturated rings. The average Bonchev–Trinajstić information content (AvgIpc) is 2.56. The van der Waals surface area contributed by atoms with Crippen molar-refractivity contribution in [1.82, 2.24) is 5.32 Å². The summed E-state index contributed by atoms with van der Waals surface area (Å²) in [5, 5.41) is 16.4. The van der Waals surface area contributed by atoms with Crippen molar-refractivity contribution in [3.63, 3.8) is 0 Å². The minimum absolute atomic E-state index is 0.0196. The number of nitro groups is 1. The molecule has 1 atom stereocenters. The van der Waals surface area contributed by atoms with Gasteiger partial charge in [0, 0.05) is 13.0 Å². The van der Waals surface area contributed by atoms with E-state index >= 15 is 0 Å². The van der Waals surface area contributed by atoms with E-state index in [0.29, 0.717) is 11.3 Å². The molecule has 0 bridgehead atoms. The first kappa shape index (κ1) is 18.1. The Morgan fingerprint density at radius 1 is 1.12 bits per heavy atom. The van der Waals surface area contributed by atoms with Crippen LogP contribution in [-0.4, -0.2) is 16.7 Å². The largest absolute Gasteiger partial charge is 0.349 e. The maximum atomic E-state index is 12.4. The van der Waals surface area contributed by atoms with E-state index in [0.717, 1.165) is 5.56 Å². The fourth-order valence-electron chi connectivity index (χ4n) is 2.53. The number of carbonyl (C=O) groups is 2. The fourth-order valence-corrected chi connectivity index (χ4v) is 2.53. The Morgan fingerprint density at radius 2 is 1.80 bits per heavy atom. The molecule has 2 amide bonds. The van der Waals surface area contributed by atoms with E-state index < -0.39 is 11.0 Å². The van der Waals surface area contributed by atoms with Crippen molar-refractivity contribution in [2.75, 3.05) is 5.32 Å². The van der Waals surface area contributed by atoms with E-state index in [4.69, 9.17) is 0 Å². The topological polar surface area (TPSA) is 101 Å². The maximum Gasteiger partial charge on any atom is 0.274 e. The van der Waals surface area contributed by atoms with Crippen LogP contribution in [0.3, 0.4) is 0 Å². The highest BCUT2D eigenvalue weighted by atomic mass is 16.6. The molecular formula is C18H19N3O4. The van der Waals surface area contributed by atoms with Crippen LogP contribution in [0.15, 0.2) is 48.5 Å². The third-order valence-corrected chi connectivity index (χ3v) is 3.74. The van der Waals surface area contributed by atoms with E-state index in [9.17, 15) is 19.7 Å². The molecule has 0 aliphatic carbocycles. The number of hydrogen-bond acceptors (Lipinski definition) is 4. The van der Waals surface area contributed by atoms with Crippen LogP contribution in [0.5, 0.6) is 0 Å². The number of amides is 2. The lowest BCUT2D eigenvalue weighted by Gasteiger charge is -2.18. The van der Waals surface area contributed by atoms with Crippen molar-refractivity contribution in [3.8, 4) is 0 Å². The molecule has 2 aromatic carbocycles. The predicted molar refractivity (Wildman–Crippen MR) is 94.1 cm³/mol. The molecule has 0 aliphatic rings. The van der Waals surface area contributed by atoms with Gasteiger partial charge < -0.3 is 10.6 Å². The second kappa shape index (κ2) is 8.05. The number of nitro benzene ring substituents is 1. The summed E-state index contributed by atoms with van der Waals surface area (Å²) in [6, 6.07) is 13.2. The summed E-state index contributed by atoms with van der Waals surface area (Å²) in [6.07, 6.45) is 0.0196. The fraction of sp³-hybridized carbons (Fsp3) is 0.222. The molecule has 25 heavy (non-hydrogen) atoms. The molecule has 1 unspecified atom stereocenters. The molecule has 0 saturated heterocycles. The molecule has 0 spiro atoms. The number of anilines is 1. The lowest BCUT2D eigenvalue weighted by molar-refractivity contribution is -0.385. The summed E-state index contributed by atoms with van der Waals surface area (Å²) in [5.41, 5.74) is 1.52. The molecular weight excluding hydrogens is 322 g/mol. The van der Waals surface area contributed by atoms with Gasteiger partial charge in [-0.15, -0.1) is 0 Å². The van der Waals surface area contributed by atoms with Crippen molar-refractivity contribution in [2.45, 2.75) is 26.3 Å². The third kappa shape index (κ3) is 4.87. The highest BCUT2D eigenvalue weighted by molar-refractivity contribution is 5.92. The summed E-state index contributed by atoms with van der Waals surface area (Å²) >= 11 is 0. The van der Waals surface area contributed by atoms with Crippen molar-refractivity contribution in [1.29, 1.82) is 0 Å². The SMILES string of the molecule is CC(=O)NC(CC(=O)Nc1cccc([N+](=O)[O-])c1C)c1ccccc1. The zero-order chi connectivity index (χ0) is 18.4. The molecule has 0 aliphatic heterocycles. The van der Waals surface area contributed by atoms with E-state index in [1.54, 1.807) is 13.0 Å². The summed E-state index contributed by atoms with van der Waals surface area (Å²) in [6.45, 7) is 2.97. The first-order valence-electron chi connectivity index (χ1n) is 7.74. The van der Waals surface area contributed by atoms with Gasteiger partial charge in [0.05, 0.1) is 28.6 Å². The number of carbonyl (C=O) groups excluding carboxylic acids is 2. The molecule has 0 radical (unpaired) electrons. The van der Waals surface area contributed by atoms with Gasteiger partial charge in [-0.3, -0.25) is 19.7 Å². The minimum atomic E-state index is -0.491. The van der Waals surface area contributed by atoms with Crippen LogP contribution in [0, 0.1) is 17.0 Å². The van der Waals surface area contributed by atoms with Crippen LogP contribution in [0.4, 0.5) is 11.4 Å². The van der Waals surface area contributed by atoms with E-state index in [1.807, 2.05) is 30.3 Å². The average molecular weight is 341 g/mol. The zero-order valence-electron chi connectivity index (χ0n) is 14.0. The third-order valence-electron chi connectivity index (χ3n) is 3.74.